The predicted octanol–water partition coefficient (Wildman–Crippen LogP) is 1.48. The van der Waals surface area contributed by atoms with Gasteiger partial charge < -0.3 is 10.9 Å². The van der Waals surface area contributed by atoms with Crippen molar-refractivity contribution < 1.29 is 5.21 Å². The molecule has 0 fully saturated rings. The molecule has 0 spiro atoms. The van der Waals surface area contributed by atoms with E-state index in [2.05, 4.69) is 10.1 Å². The van der Waals surface area contributed by atoms with Crippen molar-refractivity contribution in [2.45, 2.75) is 0 Å². The molecule has 0 saturated carbocycles. The average Bonchev–Trinajstić information content (AvgIpc) is 2.08. The lowest BCUT2D eigenvalue weighted by atomic mass is 10.3. The molecule has 0 radical (unpaired) electrons. The first-order valence-electron chi connectivity index (χ1n) is 2.94. The molecule has 0 aromatic carbocycles. The van der Waals surface area contributed by atoms with E-state index in [1.807, 2.05) is 0 Å². The van der Waals surface area contributed by atoms with Crippen LogP contribution in [0.3, 0.4) is 0 Å². The van der Waals surface area contributed by atoms with Crippen LogP contribution in [0.1, 0.15) is 5.56 Å². The summed E-state index contributed by atoms with van der Waals surface area (Å²) < 4.78 is 0. The SMILES string of the molecule is NC(=NO)c1cc(Cl)cnc1Cl. The molecule has 4 nitrogen and oxygen atoms in total. The zero-order chi connectivity index (χ0) is 9.14. The van der Waals surface area contributed by atoms with Gasteiger partial charge in [-0.1, -0.05) is 28.4 Å². The fraction of sp³-hybridized carbons (Fsp3) is 0. The summed E-state index contributed by atoms with van der Waals surface area (Å²) in [4.78, 5) is 3.71. The van der Waals surface area contributed by atoms with E-state index in [1.165, 1.54) is 12.3 Å². The van der Waals surface area contributed by atoms with Gasteiger partial charge in [0.1, 0.15) is 5.15 Å². The van der Waals surface area contributed by atoms with Crippen molar-refractivity contribution in [2.24, 2.45) is 10.9 Å². The lowest BCUT2D eigenvalue weighted by Crippen LogP contribution is -2.14. The second kappa shape index (κ2) is 3.60. The summed E-state index contributed by atoms with van der Waals surface area (Å²) in [7, 11) is 0. The number of halogens is 2. The molecule has 1 aromatic heterocycles. The molecule has 1 aromatic rings. The number of nitrogens with zero attached hydrogens (tertiary/aromatic N) is 2. The molecule has 0 unspecified atom stereocenters. The van der Waals surface area contributed by atoms with E-state index in [4.69, 9.17) is 34.1 Å². The molecule has 0 amide bonds. The summed E-state index contributed by atoms with van der Waals surface area (Å²) in [5.74, 6) is -0.116. The summed E-state index contributed by atoms with van der Waals surface area (Å²) in [6, 6.07) is 1.46. The molecule has 0 saturated heterocycles. The lowest BCUT2D eigenvalue weighted by molar-refractivity contribution is 0.318. The standard InChI is InChI=1S/C6H5Cl2N3O/c7-3-1-4(6(9)11-12)5(8)10-2-3/h1-2,12H,(H2,9,11). The van der Waals surface area contributed by atoms with Crippen LogP contribution in [-0.4, -0.2) is 16.0 Å². The van der Waals surface area contributed by atoms with Crippen LogP contribution in [0.4, 0.5) is 0 Å². The van der Waals surface area contributed by atoms with Crippen molar-refractivity contribution in [3.8, 4) is 0 Å². The topological polar surface area (TPSA) is 71.5 Å². The molecule has 0 aliphatic heterocycles. The van der Waals surface area contributed by atoms with Gasteiger partial charge in [-0.15, -0.1) is 0 Å². The summed E-state index contributed by atoms with van der Waals surface area (Å²) in [5.41, 5.74) is 5.59. The third-order valence-electron chi connectivity index (χ3n) is 1.19. The van der Waals surface area contributed by atoms with Gasteiger partial charge in [-0.3, -0.25) is 0 Å². The smallest absolute Gasteiger partial charge is 0.173 e. The van der Waals surface area contributed by atoms with E-state index in [0.717, 1.165) is 0 Å². The summed E-state index contributed by atoms with van der Waals surface area (Å²) >= 11 is 11.2. The Labute approximate surface area is 78.6 Å². The Kier molecular flexibility index (Phi) is 2.73. The van der Waals surface area contributed by atoms with Gasteiger partial charge in [0, 0.05) is 6.20 Å². The van der Waals surface area contributed by atoms with Gasteiger partial charge in [0.2, 0.25) is 0 Å². The Hall–Kier alpha value is -1.00. The van der Waals surface area contributed by atoms with Gasteiger partial charge in [-0.2, -0.15) is 0 Å². The van der Waals surface area contributed by atoms with Crippen LogP contribution < -0.4 is 5.73 Å². The number of rotatable bonds is 1. The zero-order valence-corrected chi connectivity index (χ0v) is 7.34. The Morgan fingerprint density at radius 1 is 1.58 bits per heavy atom. The van der Waals surface area contributed by atoms with Crippen molar-refractivity contribution in [1.82, 2.24) is 4.98 Å². The first kappa shape index (κ1) is 9.09. The van der Waals surface area contributed by atoms with E-state index in [0.29, 0.717) is 10.6 Å². The van der Waals surface area contributed by atoms with Crippen LogP contribution >= 0.6 is 23.2 Å². The summed E-state index contributed by atoms with van der Waals surface area (Å²) in [5, 5.41) is 11.6. The molecule has 1 rings (SSSR count). The maximum atomic E-state index is 8.34. The number of aromatic nitrogens is 1. The largest absolute Gasteiger partial charge is 0.409 e. The number of oxime groups is 1. The van der Waals surface area contributed by atoms with Gasteiger partial charge in [0.15, 0.2) is 5.84 Å². The molecule has 64 valence electrons. The fourth-order valence-electron chi connectivity index (χ4n) is 0.656. The highest BCUT2D eigenvalue weighted by atomic mass is 35.5. The number of hydrogen-bond donors (Lipinski definition) is 2. The van der Waals surface area contributed by atoms with E-state index >= 15 is 0 Å². The molecule has 1 heterocycles. The van der Waals surface area contributed by atoms with Crippen molar-refractivity contribution in [3.63, 3.8) is 0 Å². The van der Waals surface area contributed by atoms with Crippen LogP contribution in [0.5, 0.6) is 0 Å². The Bertz CT molecular complexity index is 327. The van der Waals surface area contributed by atoms with Gasteiger partial charge in [-0.25, -0.2) is 4.98 Å². The van der Waals surface area contributed by atoms with Crippen LogP contribution in [0, 0.1) is 0 Å². The zero-order valence-electron chi connectivity index (χ0n) is 5.83. The number of nitrogens with two attached hydrogens (primary N) is 1. The number of amidine groups is 1. The molecule has 0 bridgehead atoms. The Morgan fingerprint density at radius 3 is 2.83 bits per heavy atom. The highest BCUT2D eigenvalue weighted by molar-refractivity contribution is 6.34. The van der Waals surface area contributed by atoms with E-state index in [1.54, 1.807) is 0 Å². The van der Waals surface area contributed by atoms with Gasteiger partial charge in [0.25, 0.3) is 0 Å². The van der Waals surface area contributed by atoms with Gasteiger partial charge >= 0.3 is 0 Å². The van der Waals surface area contributed by atoms with Crippen molar-refractivity contribution in [2.75, 3.05) is 0 Å². The Balaban J connectivity index is 3.23. The minimum absolute atomic E-state index is 0.116. The van der Waals surface area contributed by atoms with Crippen LogP contribution in [-0.2, 0) is 0 Å². The summed E-state index contributed by atoms with van der Waals surface area (Å²) in [6.45, 7) is 0. The van der Waals surface area contributed by atoms with Crippen molar-refractivity contribution in [1.29, 1.82) is 0 Å². The van der Waals surface area contributed by atoms with E-state index in [9.17, 15) is 0 Å². The first-order chi connectivity index (χ1) is 5.65. The third kappa shape index (κ3) is 1.78. The van der Waals surface area contributed by atoms with Gasteiger partial charge in [0.05, 0.1) is 10.6 Å². The molecule has 0 aliphatic rings. The molecule has 0 aliphatic carbocycles. The fourth-order valence-corrected chi connectivity index (χ4v) is 1.01. The minimum atomic E-state index is -0.116. The van der Waals surface area contributed by atoms with Crippen LogP contribution in [0.15, 0.2) is 17.4 Å². The molecule has 6 heteroatoms. The quantitative estimate of drug-likeness (QED) is 0.240. The maximum absolute atomic E-state index is 8.34. The van der Waals surface area contributed by atoms with E-state index < -0.39 is 0 Å². The normalized spacial score (nSPS) is 11.7. The lowest BCUT2D eigenvalue weighted by Gasteiger charge is -2.00. The third-order valence-corrected chi connectivity index (χ3v) is 1.70. The molecular weight excluding hydrogens is 201 g/mol. The number of pyridine rings is 1. The van der Waals surface area contributed by atoms with Crippen LogP contribution in [0.2, 0.25) is 10.2 Å². The Morgan fingerprint density at radius 2 is 2.25 bits per heavy atom. The van der Waals surface area contributed by atoms with Crippen LogP contribution in [0.25, 0.3) is 0 Å². The first-order valence-corrected chi connectivity index (χ1v) is 3.69. The molecule has 0 atom stereocenters. The maximum Gasteiger partial charge on any atom is 0.173 e. The highest BCUT2D eigenvalue weighted by Gasteiger charge is 2.06. The van der Waals surface area contributed by atoms with Crippen molar-refractivity contribution in [3.05, 3.63) is 28.0 Å². The molecule has 12 heavy (non-hydrogen) atoms. The second-order valence-electron chi connectivity index (χ2n) is 1.98. The second-order valence-corrected chi connectivity index (χ2v) is 2.77. The number of hydrogen-bond acceptors (Lipinski definition) is 3. The highest BCUT2D eigenvalue weighted by Crippen LogP contribution is 2.16. The van der Waals surface area contributed by atoms with E-state index in [-0.39, 0.29) is 11.0 Å². The van der Waals surface area contributed by atoms with Crippen molar-refractivity contribution >= 4 is 29.0 Å². The molecular formula is C6H5Cl2N3O. The molecule has 3 N–H and O–H groups in total. The predicted molar refractivity (Wildman–Crippen MR) is 46.8 cm³/mol. The average molecular weight is 206 g/mol. The van der Waals surface area contributed by atoms with Gasteiger partial charge in [-0.05, 0) is 6.07 Å². The minimum Gasteiger partial charge on any atom is -0.409 e. The summed E-state index contributed by atoms with van der Waals surface area (Å²) in [6.07, 6.45) is 1.37. The monoisotopic (exact) mass is 205 g/mol.